The van der Waals surface area contributed by atoms with Crippen LogP contribution in [0, 0.1) is 5.92 Å². The molecule has 1 amide bonds. The summed E-state index contributed by atoms with van der Waals surface area (Å²) in [6.45, 7) is 5.50. The molecule has 3 heterocycles. The average molecular weight is 413 g/mol. The Morgan fingerprint density at radius 1 is 1.00 bits per heavy atom. The van der Waals surface area contributed by atoms with Crippen LogP contribution in [0.5, 0.6) is 11.5 Å². The van der Waals surface area contributed by atoms with Gasteiger partial charge in [0, 0.05) is 44.2 Å². The van der Waals surface area contributed by atoms with E-state index in [0.29, 0.717) is 18.1 Å². The smallest absolute Gasteiger partial charge is 0.229 e. The molecule has 0 saturated carbocycles. The SMILES string of the molecule is O=C([C@H]1COc2ccc(Cl)cc2C1)N1CCN(Cc2ccc3c(c2)CCO3)CC1. The van der Waals surface area contributed by atoms with Crippen LogP contribution in [0.4, 0.5) is 0 Å². The van der Waals surface area contributed by atoms with E-state index in [0.717, 1.165) is 62.8 Å². The Morgan fingerprint density at radius 2 is 1.79 bits per heavy atom. The first-order valence-corrected chi connectivity index (χ1v) is 10.7. The molecule has 0 aromatic heterocycles. The van der Waals surface area contributed by atoms with Crippen molar-refractivity contribution in [1.29, 1.82) is 0 Å². The van der Waals surface area contributed by atoms with Crippen LogP contribution in [0.3, 0.4) is 0 Å². The number of piperazine rings is 1. The first kappa shape index (κ1) is 18.8. The Kier molecular flexibility index (Phi) is 5.10. The third kappa shape index (κ3) is 3.94. The number of hydrogen-bond donors (Lipinski definition) is 0. The largest absolute Gasteiger partial charge is 0.493 e. The van der Waals surface area contributed by atoms with Crippen LogP contribution in [0.1, 0.15) is 16.7 Å². The van der Waals surface area contributed by atoms with E-state index in [1.807, 2.05) is 23.1 Å². The lowest BCUT2D eigenvalue weighted by molar-refractivity contribution is -0.138. The van der Waals surface area contributed by atoms with Gasteiger partial charge in [-0.15, -0.1) is 0 Å². The molecule has 6 heteroatoms. The van der Waals surface area contributed by atoms with Crippen molar-refractivity contribution in [2.75, 3.05) is 39.4 Å². The number of halogens is 1. The van der Waals surface area contributed by atoms with Gasteiger partial charge in [0.15, 0.2) is 0 Å². The van der Waals surface area contributed by atoms with Crippen molar-refractivity contribution in [3.8, 4) is 11.5 Å². The van der Waals surface area contributed by atoms with Crippen molar-refractivity contribution in [3.63, 3.8) is 0 Å². The second-order valence-corrected chi connectivity index (χ2v) is 8.54. The molecule has 1 atom stereocenters. The van der Waals surface area contributed by atoms with E-state index >= 15 is 0 Å². The van der Waals surface area contributed by atoms with Crippen LogP contribution in [0.25, 0.3) is 0 Å². The summed E-state index contributed by atoms with van der Waals surface area (Å²) in [5.41, 5.74) is 3.67. The van der Waals surface area contributed by atoms with Gasteiger partial charge < -0.3 is 14.4 Å². The summed E-state index contributed by atoms with van der Waals surface area (Å²) in [5.74, 6) is 1.96. The van der Waals surface area contributed by atoms with Gasteiger partial charge in [0.2, 0.25) is 5.91 Å². The Morgan fingerprint density at radius 3 is 2.66 bits per heavy atom. The number of carbonyl (C=O) groups is 1. The average Bonchev–Trinajstić information content (AvgIpc) is 3.21. The van der Waals surface area contributed by atoms with Crippen LogP contribution in [0.15, 0.2) is 36.4 Å². The molecule has 5 rings (SSSR count). The van der Waals surface area contributed by atoms with E-state index in [2.05, 4.69) is 23.1 Å². The molecule has 2 aromatic rings. The number of fused-ring (bicyclic) bond motifs is 2. The molecular formula is C23H25ClN2O3. The third-order valence-electron chi connectivity index (χ3n) is 6.12. The van der Waals surface area contributed by atoms with Crippen molar-refractivity contribution in [3.05, 3.63) is 58.1 Å². The summed E-state index contributed by atoms with van der Waals surface area (Å²) in [6, 6.07) is 12.1. The highest BCUT2D eigenvalue weighted by Gasteiger charge is 2.31. The second kappa shape index (κ2) is 7.88. The topological polar surface area (TPSA) is 42.0 Å². The van der Waals surface area contributed by atoms with E-state index in [1.165, 1.54) is 11.1 Å². The molecule has 0 radical (unpaired) electrons. The monoisotopic (exact) mass is 412 g/mol. The zero-order valence-corrected chi connectivity index (χ0v) is 17.2. The molecule has 3 aliphatic heterocycles. The summed E-state index contributed by atoms with van der Waals surface area (Å²) in [6.07, 6.45) is 1.70. The van der Waals surface area contributed by atoms with Crippen molar-refractivity contribution >= 4 is 17.5 Å². The Hall–Kier alpha value is -2.24. The Bertz CT molecular complexity index is 924. The fourth-order valence-electron chi connectivity index (χ4n) is 4.50. The number of benzene rings is 2. The van der Waals surface area contributed by atoms with Crippen molar-refractivity contribution < 1.29 is 14.3 Å². The number of amides is 1. The van der Waals surface area contributed by atoms with Gasteiger partial charge in [0.05, 0.1) is 12.5 Å². The summed E-state index contributed by atoms with van der Waals surface area (Å²) in [5, 5.41) is 0.687. The molecule has 3 aliphatic rings. The molecule has 1 fully saturated rings. The molecule has 152 valence electrons. The number of rotatable bonds is 3. The van der Waals surface area contributed by atoms with E-state index in [1.54, 1.807) is 0 Å². The van der Waals surface area contributed by atoms with Crippen LogP contribution in [-0.4, -0.2) is 55.1 Å². The quantitative estimate of drug-likeness (QED) is 0.776. The van der Waals surface area contributed by atoms with Crippen molar-refractivity contribution in [2.24, 2.45) is 5.92 Å². The highest BCUT2D eigenvalue weighted by Crippen LogP contribution is 2.31. The molecule has 0 spiro atoms. The van der Waals surface area contributed by atoms with Gasteiger partial charge in [-0.1, -0.05) is 23.7 Å². The zero-order chi connectivity index (χ0) is 19.8. The number of ether oxygens (including phenoxy) is 2. The van der Waals surface area contributed by atoms with E-state index in [9.17, 15) is 4.79 Å². The fraction of sp³-hybridized carbons (Fsp3) is 0.435. The third-order valence-corrected chi connectivity index (χ3v) is 6.36. The number of carbonyl (C=O) groups excluding carboxylic acids is 1. The van der Waals surface area contributed by atoms with Crippen molar-refractivity contribution in [2.45, 2.75) is 19.4 Å². The standard InChI is InChI=1S/C23H25ClN2O3/c24-20-2-4-22-18(13-20)12-19(15-29-22)23(27)26-8-6-25(7-9-26)14-16-1-3-21-17(11-16)5-10-28-21/h1-4,11,13,19H,5-10,12,14-15H2/t19-/m1/s1. The Balaban J connectivity index is 1.16. The summed E-state index contributed by atoms with van der Waals surface area (Å²) < 4.78 is 11.4. The lowest BCUT2D eigenvalue weighted by Crippen LogP contribution is -2.51. The van der Waals surface area contributed by atoms with Gasteiger partial charge in [-0.05, 0) is 47.4 Å². The van der Waals surface area contributed by atoms with Gasteiger partial charge in [-0.2, -0.15) is 0 Å². The van der Waals surface area contributed by atoms with Gasteiger partial charge >= 0.3 is 0 Å². The minimum Gasteiger partial charge on any atom is -0.493 e. The van der Waals surface area contributed by atoms with E-state index < -0.39 is 0 Å². The summed E-state index contributed by atoms with van der Waals surface area (Å²) in [7, 11) is 0. The number of nitrogens with zero attached hydrogens (tertiary/aromatic N) is 2. The Labute approximate surface area is 176 Å². The predicted octanol–water partition coefficient (Wildman–Crippen LogP) is 3.17. The maximum atomic E-state index is 13.0. The first-order valence-electron chi connectivity index (χ1n) is 10.3. The molecule has 1 saturated heterocycles. The molecular weight excluding hydrogens is 388 g/mol. The lowest BCUT2D eigenvalue weighted by Gasteiger charge is -2.37. The summed E-state index contributed by atoms with van der Waals surface area (Å²) in [4.78, 5) is 17.4. The van der Waals surface area contributed by atoms with E-state index in [-0.39, 0.29) is 11.8 Å². The van der Waals surface area contributed by atoms with E-state index in [4.69, 9.17) is 21.1 Å². The molecule has 0 bridgehead atoms. The maximum Gasteiger partial charge on any atom is 0.229 e. The molecule has 2 aromatic carbocycles. The van der Waals surface area contributed by atoms with Gasteiger partial charge in [0.25, 0.3) is 0 Å². The molecule has 5 nitrogen and oxygen atoms in total. The highest BCUT2D eigenvalue weighted by atomic mass is 35.5. The van der Waals surface area contributed by atoms with Gasteiger partial charge in [-0.25, -0.2) is 0 Å². The van der Waals surface area contributed by atoms with Crippen LogP contribution >= 0.6 is 11.6 Å². The second-order valence-electron chi connectivity index (χ2n) is 8.11. The molecule has 0 unspecified atom stereocenters. The van der Waals surface area contributed by atoms with Crippen molar-refractivity contribution in [1.82, 2.24) is 9.80 Å². The first-order chi connectivity index (χ1) is 14.2. The normalized spacial score (nSPS) is 21.1. The molecule has 29 heavy (non-hydrogen) atoms. The van der Waals surface area contributed by atoms with Gasteiger partial charge in [-0.3, -0.25) is 9.69 Å². The van der Waals surface area contributed by atoms with Crippen LogP contribution in [-0.2, 0) is 24.2 Å². The minimum absolute atomic E-state index is 0.121. The van der Waals surface area contributed by atoms with Gasteiger partial charge in [0.1, 0.15) is 18.1 Å². The number of hydrogen-bond acceptors (Lipinski definition) is 4. The predicted molar refractivity (Wildman–Crippen MR) is 112 cm³/mol. The fourth-order valence-corrected chi connectivity index (χ4v) is 4.70. The maximum absolute atomic E-state index is 13.0. The highest BCUT2D eigenvalue weighted by molar-refractivity contribution is 6.30. The van der Waals surface area contributed by atoms with Crippen LogP contribution in [0.2, 0.25) is 5.02 Å². The minimum atomic E-state index is -0.121. The zero-order valence-electron chi connectivity index (χ0n) is 16.4. The lowest BCUT2D eigenvalue weighted by atomic mass is 9.95. The molecule has 0 aliphatic carbocycles. The van der Waals surface area contributed by atoms with Crippen LogP contribution < -0.4 is 9.47 Å². The summed E-state index contributed by atoms with van der Waals surface area (Å²) >= 11 is 6.10. The molecule has 0 N–H and O–H groups in total.